The minimum absolute atomic E-state index is 0.0254. The summed E-state index contributed by atoms with van der Waals surface area (Å²) in [6, 6.07) is 6.15. The molecule has 3 N–H and O–H groups in total. The Morgan fingerprint density at radius 1 is 0.881 bits per heavy atom. The molecule has 42 heavy (non-hydrogen) atoms. The van der Waals surface area contributed by atoms with Gasteiger partial charge in [-0.2, -0.15) is 4.31 Å². The van der Waals surface area contributed by atoms with Crippen molar-refractivity contribution in [2.45, 2.75) is 50.2 Å². The molecule has 2 bridgehead atoms. The Morgan fingerprint density at radius 2 is 1.45 bits per heavy atom. The predicted octanol–water partition coefficient (Wildman–Crippen LogP) is 1.76. The number of sulfonamides is 2. The molecule has 10 nitrogen and oxygen atoms in total. The van der Waals surface area contributed by atoms with E-state index in [1.807, 2.05) is 0 Å². The Bertz CT molecular complexity index is 1570. The summed E-state index contributed by atoms with van der Waals surface area (Å²) in [4.78, 5) is 25.8. The molecule has 0 radical (unpaired) electrons. The molecule has 4 atom stereocenters. The van der Waals surface area contributed by atoms with Gasteiger partial charge >= 0.3 is 0 Å². The first kappa shape index (κ1) is 30.6. The molecule has 5 rings (SSSR count). The topological polar surface area (TPSA) is 147 Å². The third-order valence-corrected chi connectivity index (χ3v) is 11.6. The lowest BCUT2D eigenvalue weighted by Gasteiger charge is -2.40. The van der Waals surface area contributed by atoms with E-state index in [4.69, 9.17) is 5.73 Å². The lowest BCUT2D eigenvalue weighted by Crippen LogP contribution is -2.51. The summed E-state index contributed by atoms with van der Waals surface area (Å²) >= 11 is 0. The Hall–Kier alpha value is -2.85. The van der Waals surface area contributed by atoms with E-state index < -0.39 is 66.9 Å². The van der Waals surface area contributed by atoms with Gasteiger partial charge in [-0.05, 0) is 61.8 Å². The number of fused-ring (bicyclic) bond motifs is 3. The number of carbonyl (C=O) groups is 2. The van der Waals surface area contributed by atoms with Crippen LogP contribution in [0, 0.1) is 23.4 Å². The number of amides is 2. The third kappa shape index (κ3) is 6.11. The van der Waals surface area contributed by atoms with E-state index in [0.717, 1.165) is 11.0 Å². The van der Waals surface area contributed by atoms with Crippen molar-refractivity contribution in [3.05, 3.63) is 70.5 Å². The van der Waals surface area contributed by atoms with E-state index in [-0.39, 0.29) is 54.2 Å². The number of carbonyl (C=O) groups excluding carboxylic acids is 2. The molecule has 2 amide bonds. The van der Waals surface area contributed by atoms with Crippen LogP contribution < -0.4 is 10.5 Å². The molecular formula is C27H31F3N4O6S2. The fourth-order valence-corrected chi connectivity index (χ4v) is 9.25. The first-order valence-electron chi connectivity index (χ1n) is 13.6. The fraction of sp³-hybridized carbons (Fsp3) is 0.481. The first-order valence-corrected chi connectivity index (χ1v) is 16.9. The van der Waals surface area contributed by atoms with E-state index in [1.165, 1.54) is 16.4 Å². The summed E-state index contributed by atoms with van der Waals surface area (Å²) in [7, 11) is -7.86. The van der Waals surface area contributed by atoms with Gasteiger partial charge < -0.3 is 5.73 Å². The molecule has 0 spiro atoms. The van der Waals surface area contributed by atoms with Crippen molar-refractivity contribution in [3.8, 4) is 0 Å². The summed E-state index contributed by atoms with van der Waals surface area (Å²) in [5.74, 6) is -5.73. The number of nitrogens with zero attached hydrogens (tertiary/aromatic N) is 2. The molecule has 2 saturated heterocycles. The molecule has 2 fully saturated rings. The van der Waals surface area contributed by atoms with Gasteiger partial charge in [0.25, 0.3) is 11.8 Å². The van der Waals surface area contributed by atoms with Crippen LogP contribution >= 0.6 is 0 Å². The van der Waals surface area contributed by atoms with Crippen LogP contribution in [0.4, 0.5) is 13.2 Å². The number of rotatable bonds is 11. The number of hydrogen-bond acceptors (Lipinski definition) is 7. The minimum Gasteiger partial charge on any atom is -0.327 e. The summed E-state index contributed by atoms with van der Waals surface area (Å²) in [6.45, 7) is -0.762. The Labute approximate surface area is 242 Å². The van der Waals surface area contributed by atoms with Crippen molar-refractivity contribution in [1.29, 1.82) is 0 Å². The third-order valence-electron chi connectivity index (χ3n) is 8.32. The van der Waals surface area contributed by atoms with Crippen molar-refractivity contribution >= 4 is 31.9 Å². The predicted molar refractivity (Wildman–Crippen MR) is 147 cm³/mol. The van der Waals surface area contributed by atoms with Crippen LogP contribution in [0.25, 0.3) is 0 Å². The van der Waals surface area contributed by atoms with Gasteiger partial charge in [-0.25, -0.2) is 34.7 Å². The number of hydrogen-bond donors (Lipinski definition) is 2. The standard InChI is InChI=1S/C27H31F3N4O6S2/c28-22-15-24(30)23(29)13-16(22)14-25(31)17-11-18-5-6-19(12-17)34(18)42(39,40)9-7-32-41(37,38)10-8-33-26(35)20-3-1-2-4-21(20)27(33)36/h1-4,13,15,17-19,25,32H,5-12,14,31H2/t17-,18-,19+,25-/m1/s1. The van der Waals surface area contributed by atoms with Crippen molar-refractivity contribution in [2.24, 2.45) is 11.7 Å². The number of nitrogens with one attached hydrogen (secondary N) is 1. The maximum atomic E-state index is 14.1. The van der Waals surface area contributed by atoms with Crippen LogP contribution in [0.1, 0.15) is 52.0 Å². The summed E-state index contributed by atoms with van der Waals surface area (Å²) in [6.07, 6.45) is 1.99. The molecule has 2 aromatic rings. The number of piperidine rings is 1. The van der Waals surface area contributed by atoms with Crippen LogP contribution in [-0.2, 0) is 26.5 Å². The normalized spacial score (nSPS) is 23.4. The quantitative estimate of drug-likeness (QED) is 0.285. The molecule has 2 aromatic carbocycles. The zero-order valence-electron chi connectivity index (χ0n) is 22.5. The molecule has 3 aliphatic heterocycles. The lowest BCUT2D eigenvalue weighted by atomic mass is 9.83. The summed E-state index contributed by atoms with van der Waals surface area (Å²) in [5.41, 5.74) is 6.68. The zero-order chi connectivity index (χ0) is 30.4. The van der Waals surface area contributed by atoms with Crippen LogP contribution in [0.2, 0.25) is 0 Å². The summed E-state index contributed by atoms with van der Waals surface area (Å²) < 4.78 is 96.3. The van der Waals surface area contributed by atoms with Crippen molar-refractivity contribution in [1.82, 2.24) is 13.9 Å². The number of imide groups is 1. The van der Waals surface area contributed by atoms with Gasteiger partial charge in [0.05, 0.1) is 22.6 Å². The number of benzene rings is 2. The smallest absolute Gasteiger partial charge is 0.261 e. The van der Waals surface area contributed by atoms with Gasteiger partial charge in [0.1, 0.15) is 5.82 Å². The van der Waals surface area contributed by atoms with Crippen LogP contribution in [-0.4, -0.2) is 80.6 Å². The second-order valence-corrected chi connectivity index (χ2v) is 14.9. The van der Waals surface area contributed by atoms with E-state index in [9.17, 15) is 39.6 Å². The van der Waals surface area contributed by atoms with E-state index >= 15 is 0 Å². The van der Waals surface area contributed by atoms with E-state index in [2.05, 4.69) is 4.72 Å². The largest absolute Gasteiger partial charge is 0.327 e. The molecule has 0 saturated carbocycles. The SMILES string of the molecule is N[C@H](Cc1cc(F)c(F)cc1F)[C@@H]1C[C@H]2CC[C@@H](C1)N2S(=O)(=O)CCNS(=O)(=O)CCN1C(=O)c2ccccc2C1=O. The number of nitrogens with two attached hydrogens (primary N) is 1. The Kier molecular flexibility index (Phi) is 8.51. The molecule has 0 aliphatic carbocycles. The average molecular weight is 629 g/mol. The highest BCUT2D eigenvalue weighted by Gasteiger charge is 2.47. The monoisotopic (exact) mass is 628 g/mol. The summed E-state index contributed by atoms with van der Waals surface area (Å²) in [5, 5.41) is 0. The minimum atomic E-state index is -4.00. The molecule has 0 unspecified atom stereocenters. The van der Waals surface area contributed by atoms with Crippen molar-refractivity contribution in [2.75, 3.05) is 24.6 Å². The van der Waals surface area contributed by atoms with Crippen molar-refractivity contribution < 1.29 is 39.6 Å². The van der Waals surface area contributed by atoms with Crippen LogP contribution in [0.3, 0.4) is 0 Å². The molecule has 3 aliphatic rings. The highest BCUT2D eigenvalue weighted by Crippen LogP contribution is 2.42. The molecule has 0 aromatic heterocycles. The van der Waals surface area contributed by atoms with Crippen molar-refractivity contribution in [3.63, 3.8) is 0 Å². The fourth-order valence-electron chi connectivity index (χ4n) is 6.28. The van der Waals surface area contributed by atoms with Gasteiger partial charge in [-0.3, -0.25) is 14.5 Å². The van der Waals surface area contributed by atoms with Crippen LogP contribution in [0.15, 0.2) is 36.4 Å². The molecule has 15 heteroatoms. The van der Waals surface area contributed by atoms with Gasteiger partial charge in [-0.1, -0.05) is 12.1 Å². The Balaban J connectivity index is 1.13. The highest BCUT2D eigenvalue weighted by atomic mass is 32.2. The van der Waals surface area contributed by atoms with Gasteiger partial charge in [0, 0.05) is 37.3 Å². The second kappa shape index (κ2) is 11.7. The zero-order valence-corrected chi connectivity index (χ0v) is 24.1. The maximum Gasteiger partial charge on any atom is 0.261 e. The second-order valence-electron chi connectivity index (χ2n) is 11.0. The molecular weight excluding hydrogens is 597 g/mol. The van der Waals surface area contributed by atoms with Crippen LogP contribution in [0.5, 0.6) is 0 Å². The highest BCUT2D eigenvalue weighted by molar-refractivity contribution is 7.90. The molecule has 228 valence electrons. The first-order chi connectivity index (χ1) is 19.8. The van der Waals surface area contributed by atoms with Gasteiger partial charge in [0.15, 0.2) is 11.6 Å². The van der Waals surface area contributed by atoms with Gasteiger partial charge in [-0.15, -0.1) is 0 Å². The van der Waals surface area contributed by atoms with E-state index in [0.29, 0.717) is 31.7 Å². The average Bonchev–Trinajstić information content (AvgIpc) is 3.35. The van der Waals surface area contributed by atoms with Gasteiger partial charge in [0.2, 0.25) is 20.0 Å². The maximum absolute atomic E-state index is 14.1. The lowest BCUT2D eigenvalue weighted by molar-refractivity contribution is 0.0664. The molecule has 3 heterocycles. The Morgan fingerprint density at radius 3 is 2.05 bits per heavy atom. The van der Waals surface area contributed by atoms with E-state index in [1.54, 1.807) is 12.1 Å². The number of halogens is 3.